The van der Waals surface area contributed by atoms with Crippen molar-refractivity contribution in [1.82, 2.24) is 14.8 Å². The SMILES string of the molecule is CC(C)CN1C(=O)CC[C@@H](C(=O)N2CCN(c3ccccn3)CC2)[C@H]1C. The molecule has 2 aliphatic rings. The van der Waals surface area contributed by atoms with Gasteiger partial charge in [-0.15, -0.1) is 0 Å². The molecule has 0 N–H and O–H groups in total. The first kappa shape index (κ1) is 18.7. The maximum atomic E-state index is 13.1. The van der Waals surface area contributed by atoms with Crippen LogP contribution in [0.15, 0.2) is 24.4 Å². The highest BCUT2D eigenvalue weighted by molar-refractivity contribution is 5.84. The van der Waals surface area contributed by atoms with Crippen LogP contribution >= 0.6 is 0 Å². The van der Waals surface area contributed by atoms with Gasteiger partial charge in [0.2, 0.25) is 11.8 Å². The van der Waals surface area contributed by atoms with E-state index in [2.05, 4.69) is 23.7 Å². The Morgan fingerprint density at radius 1 is 1.23 bits per heavy atom. The standard InChI is InChI=1S/C20H30N4O2/c1-15(2)14-24-16(3)17(7-8-19(24)25)20(26)23-12-10-22(11-13-23)18-6-4-5-9-21-18/h4-6,9,15-17H,7-8,10-14H2,1-3H3/t16-,17-/m1/s1. The molecule has 3 rings (SSSR count). The van der Waals surface area contributed by atoms with Gasteiger partial charge in [-0.2, -0.15) is 0 Å². The third-order valence-electron chi connectivity index (χ3n) is 5.51. The Morgan fingerprint density at radius 2 is 1.96 bits per heavy atom. The Bertz CT molecular complexity index is 626. The molecule has 6 heteroatoms. The molecule has 1 aromatic rings. The monoisotopic (exact) mass is 358 g/mol. The number of anilines is 1. The van der Waals surface area contributed by atoms with E-state index in [1.165, 1.54) is 0 Å². The van der Waals surface area contributed by atoms with Crippen molar-refractivity contribution in [2.45, 2.75) is 39.7 Å². The summed E-state index contributed by atoms with van der Waals surface area (Å²) in [5.74, 6) is 1.71. The zero-order valence-corrected chi connectivity index (χ0v) is 16.1. The van der Waals surface area contributed by atoms with Gasteiger partial charge in [-0.05, 0) is 31.4 Å². The van der Waals surface area contributed by atoms with Crippen molar-refractivity contribution in [2.24, 2.45) is 11.8 Å². The lowest BCUT2D eigenvalue weighted by Gasteiger charge is -2.43. The fourth-order valence-corrected chi connectivity index (χ4v) is 4.03. The highest BCUT2D eigenvalue weighted by atomic mass is 16.2. The number of amides is 2. The van der Waals surface area contributed by atoms with Crippen LogP contribution in [-0.4, -0.2) is 65.4 Å². The van der Waals surface area contributed by atoms with Crippen molar-refractivity contribution < 1.29 is 9.59 Å². The van der Waals surface area contributed by atoms with Gasteiger partial charge in [0.25, 0.3) is 0 Å². The minimum atomic E-state index is -0.0761. The molecule has 2 fully saturated rings. The van der Waals surface area contributed by atoms with Crippen LogP contribution in [0, 0.1) is 11.8 Å². The van der Waals surface area contributed by atoms with Crippen LogP contribution in [0.3, 0.4) is 0 Å². The molecule has 0 spiro atoms. The van der Waals surface area contributed by atoms with E-state index >= 15 is 0 Å². The zero-order valence-electron chi connectivity index (χ0n) is 16.1. The molecular weight excluding hydrogens is 328 g/mol. The van der Waals surface area contributed by atoms with E-state index in [1.54, 1.807) is 6.20 Å². The molecule has 0 aromatic carbocycles. The minimum absolute atomic E-state index is 0.0139. The first-order valence-corrected chi connectivity index (χ1v) is 9.71. The Hall–Kier alpha value is -2.11. The number of carbonyl (C=O) groups excluding carboxylic acids is 2. The summed E-state index contributed by atoms with van der Waals surface area (Å²) in [4.78, 5) is 35.9. The van der Waals surface area contributed by atoms with Crippen molar-refractivity contribution >= 4 is 17.6 Å². The smallest absolute Gasteiger partial charge is 0.227 e. The van der Waals surface area contributed by atoms with Gasteiger partial charge in [0, 0.05) is 51.4 Å². The van der Waals surface area contributed by atoms with Crippen LogP contribution in [0.2, 0.25) is 0 Å². The van der Waals surface area contributed by atoms with Crippen molar-refractivity contribution in [1.29, 1.82) is 0 Å². The minimum Gasteiger partial charge on any atom is -0.353 e. The van der Waals surface area contributed by atoms with Gasteiger partial charge >= 0.3 is 0 Å². The topological polar surface area (TPSA) is 56.8 Å². The van der Waals surface area contributed by atoms with Gasteiger partial charge < -0.3 is 14.7 Å². The first-order valence-electron chi connectivity index (χ1n) is 9.71. The van der Waals surface area contributed by atoms with Crippen LogP contribution in [-0.2, 0) is 9.59 Å². The van der Waals surface area contributed by atoms with Crippen molar-refractivity contribution in [3.63, 3.8) is 0 Å². The lowest BCUT2D eigenvalue weighted by Crippen LogP contribution is -2.56. The number of carbonyl (C=O) groups is 2. The number of rotatable bonds is 4. The molecule has 2 saturated heterocycles. The quantitative estimate of drug-likeness (QED) is 0.826. The van der Waals surface area contributed by atoms with Crippen LogP contribution in [0.1, 0.15) is 33.6 Å². The third kappa shape index (κ3) is 4.00. The highest BCUT2D eigenvalue weighted by Gasteiger charge is 2.39. The zero-order chi connectivity index (χ0) is 18.7. The van der Waals surface area contributed by atoms with Gasteiger partial charge in [-0.25, -0.2) is 4.98 Å². The van der Waals surface area contributed by atoms with Crippen LogP contribution in [0.25, 0.3) is 0 Å². The second kappa shape index (κ2) is 8.06. The number of nitrogens with zero attached hydrogens (tertiary/aromatic N) is 4. The molecule has 0 bridgehead atoms. The maximum absolute atomic E-state index is 13.1. The number of hydrogen-bond acceptors (Lipinski definition) is 4. The molecule has 0 unspecified atom stereocenters. The van der Waals surface area contributed by atoms with Gasteiger partial charge in [0.15, 0.2) is 0 Å². The Kier molecular flexibility index (Phi) is 5.79. The highest BCUT2D eigenvalue weighted by Crippen LogP contribution is 2.27. The summed E-state index contributed by atoms with van der Waals surface area (Å²) in [5.41, 5.74) is 0. The molecule has 3 heterocycles. The van der Waals surface area contributed by atoms with Crippen molar-refractivity contribution in [3.8, 4) is 0 Å². The predicted octanol–water partition coefficient (Wildman–Crippen LogP) is 2.01. The summed E-state index contributed by atoms with van der Waals surface area (Å²) in [5, 5.41) is 0. The lowest BCUT2D eigenvalue weighted by atomic mass is 9.87. The van der Waals surface area contributed by atoms with Crippen LogP contribution in [0.4, 0.5) is 5.82 Å². The molecule has 0 saturated carbocycles. The van der Waals surface area contributed by atoms with E-state index in [4.69, 9.17) is 0 Å². The molecule has 2 aliphatic heterocycles. The number of pyridine rings is 1. The number of piperidine rings is 1. The number of aromatic nitrogens is 1. The van der Waals surface area contributed by atoms with E-state index in [1.807, 2.05) is 34.9 Å². The molecule has 142 valence electrons. The number of likely N-dealkylation sites (tertiary alicyclic amines) is 1. The molecule has 0 radical (unpaired) electrons. The lowest BCUT2D eigenvalue weighted by molar-refractivity contribution is -0.147. The summed E-state index contributed by atoms with van der Waals surface area (Å²) < 4.78 is 0. The molecule has 1 aromatic heterocycles. The van der Waals surface area contributed by atoms with Crippen molar-refractivity contribution in [3.05, 3.63) is 24.4 Å². The molecular formula is C20H30N4O2. The summed E-state index contributed by atoms with van der Waals surface area (Å²) in [7, 11) is 0. The number of piperazine rings is 1. The predicted molar refractivity (Wildman–Crippen MR) is 102 cm³/mol. The van der Waals surface area contributed by atoms with Gasteiger partial charge in [-0.3, -0.25) is 9.59 Å². The Morgan fingerprint density at radius 3 is 2.58 bits per heavy atom. The van der Waals surface area contributed by atoms with Gasteiger partial charge in [0.1, 0.15) is 5.82 Å². The Balaban J connectivity index is 1.60. The van der Waals surface area contributed by atoms with Gasteiger partial charge in [0.05, 0.1) is 5.92 Å². The first-order chi connectivity index (χ1) is 12.5. The molecule has 2 atom stereocenters. The molecule has 2 amide bonds. The normalized spacial score (nSPS) is 24.3. The largest absolute Gasteiger partial charge is 0.353 e. The average Bonchev–Trinajstić information content (AvgIpc) is 2.65. The number of hydrogen-bond donors (Lipinski definition) is 0. The summed E-state index contributed by atoms with van der Waals surface area (Å²) in [6.07, 6.45) is 2.96. The van der Waals surface area contributed by atoms with Crippen LogP contribution in [0.5, 0.6) is 0 Å². The summed E-state index contributed by atoms with van der Waals surface area (Å²) in [6.45, 7) is 10.0. The average molecular weight is 358 g/mol. The maximum Gasteiger partial charge on any atom is 0.227 e. The third-order valence-corrected chi connectivity index (χ3v) is 5.51. The van der Waals surface area contributed by atoms with E-state index in [0.717, 1.165) is 38.5 Å². The van der Waals surface area contributed by atoms with E-state index in [9.17, 15) is 9.59 Å². The molecule has 6 nitrogen and oxygen atoms in total. The second-order valence-electron chi connectivity index (χ2n) is 7.83. The fraction of sp³-hybridized carbons (Fsp3) is 0.650. The fourth-order valence-electron chi connectivity index (χ4n) is 4.03. The summed E-state index contributed by atoms with van der Waals surface area (Å²) >= 11 is 0. The van der Waals surface area contributed by atoms with Crippen LogP contribution < -0.4 is 4.90 Å². The van der Waals surface area contributed by atoms with Crippen molar-refractivity contribution in [2.75, 3.05) is 37.6 Å². The van der Waals surface area contributed by atoms with Gasteiger partial charge in [-0.1, -0.05) is 19.9 Å². The summed E-state index contributed by atoms with van der Waals surface area (Å²) in [6, 6.07) is 5.90. The molecule has 0 aliphatic carbocycles. The molecule has 26 heavy (non-hydrogen) atoms. The van der Waals surface area contributed by atoms with E-state index in [0.29, 0.717) is 18.8 Å². The van der Waals surface area contributed by atoms with E-state index < -0.39 is 0 Å². The Labute approximate surface area is 156 Å². The second-order valence-corrected chi connectivity index (χ2v) is 7.83. The van der Waals surface area contributed by atoms with E-state index in [-0.39, 0.29) is 23.8 Å².